The highest BCUT2D eigenvalue weighted by molar-refractivity contribution is 6.30. The second-order valence-electron chi connectivity index (χ2n) is 7.18. The first-order valence-electron chi connectivity index (χ1n) is 9.50. The van der Waals surface area contributed by atoms with Gasteiger partial charge in [0.25, 0.3) is 22.9 Å². The number of nitrogens with zero attached hydrogens (tertiary/aromatic N) is 1. The van der Waals surface area contributed by atoms with Gasteiger partial charge in [-0.05, 0) is 48.5 Å². The largest absolute Gasteiger partial charge is 0.497 e. The van der Waals surface area contributed by atoms with E-state index in [0.717, 1.165) is 0 Å². The second-order valence-corrected chi connectivity index (χ2v) is 7.62. The number of fused-ring (bicyclic) bond motifs is 1. The lowest BCUT2D eigenvalue weighted by molar-refractivity contribution is -0.196. The summed E-state index contributed by atoms with van der Waals surface area (Å²) in [5.41, 5.74) is -7.76. The zero-order valence-electron chi connectivity index (χ0n) is 17.1. The Balaban J connectivity index is 1.93. The molecule has 2 amide bonds. The molecule has 13 heteroatoms. The number of carbonyl (C=O) groups is 2. The summed E-state index contributed by atoms with van der Waals surface area (Å²) in [4.78, 5) is 52.5. The molecule has 1 aromatic heterocycles. The van der Waals surface area contributed by atoms with Gasteiger partial charge in [0.1, 0.15) is 17.1 Å². The summed E-state index contributed by atoms with van der Waals surface area (Å²) in [6.07, 6.45) is -5.46. The number of methoxy groups -OCH3 is 1. The van der Waals surface area contributed by atoms with E-state index < -0.39 is 46.2 Å². The number of carbonyl (C=O) groups excluding carboxylic acids is 2. The standard InChI is InChI=1S/C21H14ClF3N4O5/c1-34-13-8-2-10(3-9-13)16(30)28-20(21(23,24)25)14-15(26-18(20)32)29(19(33)27-17(14)31)12-6-4-11(22)5-7-12/h2-9H,1H3,(H,26,32)(H,28,30)(H,27,31,33)/t20-/m0/s1. The van der Waals surface area contributed by atoms with Gasteiger partial charge in [-0.3, -0.25) is 19.4 Å². The number of hydrogen-bond acceptors (Lipinski definition) is 5. The van der Waals surface area contributed by atoms with Crippen LogP contribution in [0.1, 0.15) is 15.9 Å². The molecule has 1 atom stereocenters. The van der Waals surface area contributed by atoms with E-state index in [1.54, 1.807) is 10.3 Å². The van der Waals surface area contributed by atoms with Crippen LogP contribution in [0.25, 0.3) is 5.69 Å². The van der Waals surface area contributed by atoms with Crippen molar-refractivity contribution in [3.8, 4) is 11.4 Å². The molecule has 0 saturated heterocycles. The van der Waals surface area contributed by atoms with E-state index in [0.29, 0.717) is 10.3 Å². The number of nitrogens with one attached hydrogen (secondary N) is 3. The number of alkyl halides is 3. The SMILES string of the molecule is COc1ccc(C(=O)N[C@]2(C(F)(F)F)C(=O)Nc3c2c(=O)[nH]c(=O)n3-c2ccc(Cl)cc2)cc1. The van der Waals surface area contributed by atoms with Crippen LogP contribution >= 0.6 is 11.6 Å². The molecule has 0 saturated carbocycles. The molecule has 3 aromatic rings. The van der Waals surface area contributed by atoms with Gasteiger partial charge in [-0.2, -0.15) is 13.2 Å². The highest BCUT2D eigenvalue weighted by Crippen LogP contribution is 2.45. The average molecular weight is 495 g/mol. The first-order valence-corrected chi connectivity index (χ1v) is 9.88. The highest BCUT2D eigenvalue weighted by Gasteiger charge is 2.68. The van der Waals surface area contributed by atoms with Crippen LogP contribution < -0.4 is 26.6 Å². The first-order chi connectivity index (χ1) is 16.0. The number of anilines is 1. The van der Waals surface area contributed by atoms with E-state index in [9.17, 15) is 32.3 Å². The number of H-pyrrole nitrogens is 1. The first kappa shape index (κ1) is 23.1. The summed E-state index contributed by atoms with van der Waals surface area (Å²) in [6.45, 7) is 0. The van der Waals surface area contributed by atoms with E-state index in [-0.39, 0.29) is 16.3 Å². The van der Waals surface area contributed by atoms with Gasteiger partial charge in [0.15, 0.2) is 0 Å². The molecular weight excluding hydrogens is 481 g/mol. The van der Waals surface area contributed by atoms with E-state index in [1.165, 1.54) is 55.6 Å². The number of halogens is 4. The van der Waals surface area contributed by atoms with E-state index in [1.807, 2.05) is 5.32 Å². The molecule has 0 bridgehead atoms. The van der Waals surface area contributed by atoms with Gasteiger partial charge in [-0.15, -0.1) is 0 Å². The van der Waals surface area contributed by atoms with Crippen LogP contribution in [0.3, 0.4) is 0 Å². The van der Waals surface area contributed by atoms with Crippen LogP contribution in [0.2, 0.25) is 5.02 Å². The fourth-order valence-corrected chi connectivity index (χ4v) is 3.73. The number of amides is 2. The minimum absolute atomic E-state index is 0.0154. The minimum atomic E-state index is -5.46. The lowest BCUT2D eigenvalue weighted by Gasteiger charge is -2.30. The van der Waals surface area contributed by atoms with Crippen LogP contribution in [-0.2, 0) is 10.3 Å². The van der Waals surface area contributed by atoms with Gasteiger partial charge in [0, 0.05) is 10.6 Å². The van der Waals surface area contributed by atoms with E-state index >= 15 is 0 Å². The van der Waals surface area contributed by atoms with Crippen LogP contribution in [0.5, 0.6) is 5.75 Å². The second kappa shape index (κ2) is 8.06. The smallest absolute Gasteiger partial charge is 0.425 e. The molecule has 0 unspecified atom stereocenters. The molecule has 2 heterocycles. The van der Waals surface area contributed by atoms with Gasteiger partial charge in [-0.25, -0.2) is 9.36 Å². The summed E-state index contributed by atoms with van der Waals surface area (Å²) in [6, 6.07) is 10.4. The van der Waals surface area contributed by atoms with Crippen molar-refractivity contribution in [3.63, 3.8) is 0 Å². The fraction of sp³-hybridized carbons (Fsp3) is 0.143. The van der Waals surface area contributed by atoms with Gasteiger partial charge in [0.2, 0.25) is 0 Å². The molecule has 1 aliphatic heterocycles. The molecule has 0 fully saturated rings. The number of ether oxygens (including phenoxy) is 1. The predicted octanol–water partition coefficient (Wildman–Crippen LogP) is 2.33. The summed E-state index contributed by atoms with van der Waals surface area (Å²) in [7, 11) is 1.36. The normalized spacial score (nSPS) is 17.1. The molecule has 2 aromatic carbocycles. The number of hydrogen-bond donors (Lipinski definition) is 3. The molecule has 0 aliphatic carbocycles. The zero-order chi connectivity index (χ0) is 24.8. The Morgan fingerprint density at radius 2 is 1.68 bits per heavy atom. The van der Waals surface area contributed by atoms with Crippen molar-refractivity contribution in [3.05, 3.63) is 85.5 Å². The van der Waals surface area contributed by atoms with Crippen LogP contribution in [0, 0.1) is 0 Å². The molecule has 3 N–H and O–H groups in total. The monoisotopic (exact) mass is 494 g/mol. The lowest BCUT2D eigenvalue weighted by Crippen LogP contribution is -2.62. The van der Waals surface area contributed by atoms with Gasteiger partial charge < -0.3 is 15.4 Å². The maximum Gasteiger partial charge on any atom is 0.425 e. The third kappa shape index (κ3) is 3.52. The Kier molecular flexibility index (Phi) is 5.48. The summed E-state index contributed by atoms with van der Waals surface area (Å²) >= 11 is 5.83. The van der Waals surface area contributed by atoms with Crippen molar-refractivity contribution >= 4 is 29.2 Å². The van der Waals surface area contributed by atoms with Crippen molar-refractivity contribution in [2.45, 2.75) is 11.7 Å². The quantitative estimate of drug-likeness (QED) is 0.514. The molecule has 176 valence electrons. The molecule has 4 rings (SSSR count). The molecule has 9 nitrogen and oxygen atoms in total. The fourth-order valence-electron chi connectivity index (χ4n) is 3.60. The minimum Gasteiger partial charge on any atom is -0.497 e. The predicted molar refractivity (Wildman–Crippen MR) is 114 cm³/mol. The van der Waals surface area contributed by atoms with Crippen LogP contribution in [0.15, 0.2) is 58.1 Å². The Labute approximate surface area is 193 Å². The van der Waals surface area contributed by atoms with Crippen molar-refractivity contribution in [1.29, 1.82) is 0 Å². The summed E-state index contributed by atoms with van der Waals surface area (Å²) in [5, 5.41) is 3.89. The number of aromatic amines is 1. The maximum atomic E-state index is 14.5. The number of benzene rings is 2. The summed E-state index contributed by atoms with van der Waals surface area (Å²) in [5.74, 6) is -3.43. The molecule has 34 heavy (non-hydrogen) atoms. The maximum absolute atomic E-state index is 14.5. The van der Waals surface area contributed by atoms with Gasteiger partial charge >= 0.3 is 11.9 Å². The Morgan fingerprint density at radius 3 is 2.24 bits per heavy atom. The Morgan fingerprint density at radius 1 is 1.06 bits per heavy atom. The van der Waals surface area contributed by atoms with E-state index in [4.69, 9.17) is 16.3 Å². The topological polar surface area (TPSA) is 122 Å². The number of rotatable bonds is 4. The third-order valence-electron chi connectivity index (χ3n) is 5.22. The Bertz CT molecular complexity index is 1410. The molecule has 0 spiro atoms. The molecule has 0 radical (unpaired) electrons. The van der Waals surface area contributed by atoms with Crippen molar-refractivity contribution in [1.82, 2.24) is 14.9 Å². The van der Waals surface area contributed by atoms with Crippen molar-refractivity contribution in [2.75, 3.05) is 12.4 Å². The average Bonchev–Trinajstić information content (AvgIpc) is 3.08. The number of aromatic nitrogens is 2. The Hall–Kier alpha value is -4.06. The van der Waals surface area contributed by atoms with Gasteiger partial charge in [0.05, 0.1) is 12.8 Å². The van der Waals surface area contributed by atoms with Crippen LogP contribution in [-0.4, -0.2) is 34.7 Å². The third-order valence-corrected chi connectivity index (χ3v) is 5.47. The lowest BCUT2D eigenvalue weighted by atomic mass is 9.91. The van der Waals surface area contributed by atoms with Crippen molar-refractivity contribution in [2.24, 2.45) is 0 Å². The van der Waals surface area contributed by atoms with Crippen LogP contribution in [0.4, 0.5) is 19.0 Å². The van der Waals surface area contributed by atoms with Gasteiger partial charge in [-0.1, -0.05) is 11.6 Å². The van der Waals surface area contributed by atoms with Crippen molar-refractivity contribution < 1.29 is 27.5 Å². The zero-order valence-corrected chi connectivity index (χ0v) is 17.9. The summed E-state index contributed by atoms with van der Waals surface area (Å²) < 4.78 is 49.0. The highest BCUT2D eigenvalue weighted by atomic mass is 35.5. The van der Waals surface area contributed by atoms with E-state index in [2.05, 4.69) is 0 Å². The molecular formula is C21H14ClF3N4O5. The molecule has 1 aliphatic rings.